The molecule has 1 N–H and O–H groups in total. The minimum atomic E-state index is -3.74. The first-order valence-corrected chi connectivity index (χ1v) is 11.4. The van der Waals surface area contributed by atoms with Crippen molar-refractivity contribution in [3.05, 3.63) is 64.7 Å². The van der Waals surface area contributed by atoms with E-state index in [2.05, 4.69) is 17.4 Å². The van der Waals surface area contributed by atoms with Gasteiger partial charge in [0.25, 0.3) is 0 Å². The molecule has 28 heavy (non-hydrogen) atoms. The number of nitrogens with zero attached hydrogens (tertiary/aromatic N) is 1. The van der Waals surface area contributed by atoms with Gasteiger partial charge in [-0.3, -0.25) is 4.79 Å². The van der Waals surface area contributed by atoms with Crippen molar-refractivity contribution in [1.82, 2.24) is 9.62 Å². The molecule has 7 heteroatoms. The van der Waals surface area contributed by atoms with E-state index in [0.717, 1.165) is 24.8 Å². The lowest BCUT2D eigenvalue weighted by atomic mass is 9.87. The Bertz CT molecular complexity index is 975. The van der Waals surface area contributed by atoms with E-state index >= 15 is 0 Å². The van der Waals surface area contributed by atoms with Gasteiger partial charge < -0.3 is 5.32 Å². The molecular formula is C21H23ClN2O3S. The average molecular weight is 419 g/mol. The molecule has 1 fully saturated rings. The summed E-state index contributed by atoms with van der Waals surface area (Å²) in [4.78, 5) is 13.2. The van der Waals surface area contributed by atoms with E-state index in [-0.39, 0.29) is 16.8 Å². The number of hydrogen-bond acceptors (Lipinski definition) is 3. The molecule has 0 aromatic heterocycles. The minimum Gasteiger partial charge on any atom is -0.348 e. The molecule has 1 saturated heterocycles. The van der Waals surface area contributed by atoms with Crippen molar-refractivity contribution in [3.63, 3.8) is 0 Å². The fourth-order valence-electron chi connectivity index (χ4n) is 4.20. The molecule has 1 aliphatic carbocycles. The van der Waals surface area contributed by atoms with Crippen LogP contribution in [0.25, 0.3) is 0 Å². The lowest BCUT2D eigenvalue weighted by molar-refractivity contribution is -0.125. The number of carbonyl (C=O) groups is 1. The zero-order chi connectivity index (χ0) is 19.7. The van der Waals surface area contributed by atoms with Crippen molar-refractivity contribution in [1.29, 1.82) is 0 Å². The summed E-state index contributed by atoms with van der Waals surface area (Å²) >= 11 is 5.88. The van der Waals surface area contributed by atoms with E-state index < -0.39 is 16.1 Å². The highest BCUT2D eigenvalue weighted by Crippen LogP contribution is 2.31. The normalized spacial score (nSPS) is 22.6. The third kappa shape index (κ3) is 3.69. The lowest BCUT2D eigenvalue weighted by Crippen LogP contribution is -2.47. The molecule has 0 spiro atoms. The number of benzene rings is 2. The largest absolute Gasteiger partial charge is 0.348 e. The average Bonchev–Trinajstić information content (AvgIpc) is 3.20. The van der Waals surface area contributed by atoms with Crippen LogP contribution in [0, 0.1) is 0 Å². The molecular weight excluding hydrogens is 396 g/mol. The summed E-state index contributed by atoms with van der Waals surface area (Å²) in [5.74, 6) is -0.211. The molecule has 1 heterocycles. The Morgan fingerprint density at radius 1 is 1.04 bits per heavy atom. The highest BCUT2D eigenvalue weighted by Gasteiger charge is 2.40. The van der Waals surface area contributed by atoms with Gasteiger partial charge in [-0.15, -0.1) is 0 Å². The summed E-state index contributed by atoms with van der Waals surface area (Å²) in [6.07, 6.45) is 4.11. The molecule has 0 radical (unpaired) electrons. The van der Waals surface area contributed by atoms with E-state index in [1.807, 2.05) is 12.1 Å². The molecule has 2 atom stereocenters. The van der Waals surface area contributed by atoms with Gasteiger partial charge >= 0.3 is 0 Å². The highest BCUT2D eigenvalue weighted by molar-refractivity contribution is 7.89. The molecule has 5 nitrogen and oxygen atoms in total. The van der Waals surface area contributed by atoms with E-state index in [9.17, 15) is 13.2 Å². The predicted octanol–water partition coefficient (Wildman–Crippen LogP) is 3.69. The number of fused-ring (bicyclic) bond motifs is 1. The SMILES string of the molecule is O=C(N[C@@H]1CCCc2ccccc21)[C@@H]1CCCN1S(=O)(=O)c1ccc(Cl)cc1. The van der Waals surface area contributed by atoms with Gasteiger partial charge in [0.2, 0.25) is 15.9 Å². The van der Waals surface area contributed by atoms with Crippen LogP contribution < -0.4 is 5.32 Å². The Balaban J connectivity index is 1.54. The first-order chi connectivity index (χ1) is 13.5. The van der Waals surface area contributed by atoms with Crippen LogP contribution in [0.5, 0.6) is 0 Å². The van der Waals surface area contributed by atoms with Gasteiger partial charge in [-0.25, -0.2) is 8.42 Å². The van der Waals surface area contributed by atoms with Crippen LogP contribution in [0.3, 0.4) is 0 Å². The maximum Gasteiger partial charge on any atom is 0.243 e. The van der Waals surface area contributed by atoms with E-state index in [4.69, 9.17) is 11.6 Å². The first kappa shape index (κ1) is 19.4. The van der Waals surface area contributed by atoms with Crippen LogP contribution in [0.4, 0.5) is 0 Å². The molecule has 1 aliphatic heterocycles. The number of rotatable bonds is 4. The number of sulfonamides is 1. The molecule has 0 saturated carbocycles. The summed E-state index contributed by atoms with van der Waals surface area (Å²) < 4.78 is 27.4. The van der Waals surface area contributed by atoms with Crippen molar-refractivity contribution < 1.29 is 13.2 Å². The fourth-order valence-corrected chi connectivity index (χ4v) is 5.99. The summed E-state index contributed by atoms with van der Waals surface area (Å²) in [7, 11) is -3.74. The Labute approximate surface area is 170 Å². The van der Waals surface area contributed by atoms with Crippen LogP contribution in [0.2, 0.25) is 5.02 Å². The van der Waals surface area contributed by atoms with E-state index in [1.54, 1.807) is 12.1 Å². The zero-order valence-corrected chi connectivity index (χ0v) is 17.0. The summed E-state index contributed by atoms with van der Waals surface area (Å²) in [6, 6.07) is 13.5. The first-order valence-electron chi connectivity index (χ1n) is 9.62. The van der Waals surface area contributed by atoms with Gasteiger partial charge in [0.05, 0.1) is 10.9 Å². The van der Waals surface area contributed by atoms with Crippen LogP contribution in [-0.2, 0) is 21.2 Å². The zero-order valence-electron chi connectivity index (χ0n) is 15.5. The van der Waals surface area contributed by atoms with Crippen LogP contribution in [-0.4, -0.2) is 31.2 Å². The van der Waals surface area contributed by atoms with E-state index in [1.165, 1.54) is 22.0 Å². The smallest absolute Gasteiger partial charge is 0.243 e. The monoisotopic (exact) mass is 418 g/mol. The van der Waals surface area contributed by atoms with Crippen molar-refractivity contribution in [2.75, 3.05) is 6.54 Å². The molecule has 4 rings (SSSR count). The number of halogens is 1. The quantitative estimate of drug-likeness (QED) is 0.823. The molecule has 1 amide bonds. The predicted molar refractivity (Wildman–Crippen MR) is 109 cm³/mol. The van der Waals surface area contributed by atoms with Gasteiger partial charge in [-0.1, -0.05) is 35.9 Å². The van der Waals surface area contributed by atoms with Gasteiger partial charge in [0.15, 0.2) is 0 Å². The Kier molecular flexibility index (Phi) is 5.45. The second-order valence-electron chi connectivity index (χ2n) is 7.38. The highest BCUT2D eigenvalue weighted by atomic mass is 35.5. The van der Waals surface area contributed by atoms with Gasteiger partial charge in [0, 0.05) is 11.6 Å². The van der Waals surface area contributed by atoms with Gasteiger partial charge in [-0.05, 0) is 67.5 Å². The van der Waals surface area contributed by atoms with E-state index in [0.29, 0.717) is 24.4 Å². The molecule has 148 valence electrons. The van der Waals surface area contributed by atoms with Gasteiger partial charge in [-0.2, -0.15) is 4.31 Å². The third-order valence-electron chi connectivity index (χ3n) is 5.61. The molecule has 0 unspecified atom stereocenters. The number of aryl methyl sites for hydroxylation is 1. The Morgan fingerprint density at radius 2 is 1.79 bits per heavy atom. The molecule has 0 bridgehead atoms. The molecule has 2 aromatic rings. The van der Waals surface area contributed by atoms with Crippen molar-refractivity contribution in [3.8, 4) is 0 Å². The summed E-state index contributed by atoms with van der Waals surface area (Å²) in [5, 5.41) is 3.59. The third-order valence-corrected chi connectivity index (χ3v) is 7.79. The number of carbonyl (C=O) groups excluding carboxylic acids is 1. The molecule has 2 aliphatic rings. The Hall–Kier alpha value is -1.89. The lowest BCUT2D eigenvalue weighted by Gasteiger charge is -2.29. The minimum absolute atomic E-state index is 0.0573. The van der Waals surface area contributed by atoms with Crippen molar-refractivity contribution in [2.45, 2.75) is 49.1 Å². The van der Waals surface area contributed by atoms with Crippen LogP contribution >= 0.6 is 11.6 Å². The number of nitrogens with one attached hydrogen (secondary N) is 1. The number of amides is 1. The fraction of sp³-hybridized carbons (Fsp3) is 0.381. The van der Waals surface area contributed by atoms with Crippen molar-refractivity contribution >= 4 is 27.5 Å². The summed E-state index contributed by atoms with van der Waals surface area (Å²) in [6.45, 7) is 0.351. The van der Waals surface area contributed by atoms with Gasteiger partial charge in [0.1, 0.15) is 6.04 Å². The molecule has 2 aromatic carbocycles. The van der Waals surface area contributed by atoms with Crippen molar-refractivity contribution in [2.24, 2.45) is 0 Å². The van der Waals surface area contributed by atoms with Crippen LogP contribution in [0.15, 0.2) is 53.4 Å². The topological polar surface area (TPSA) is 66.5 Å². The second kappa shape index (κ2) is 7.85. The number of hydrogen-bond donors (Lipinski definition) is 1. The van der Waals surface area contributed by atoms with Crippen LogP contribution in [0.1, 0.15) is 42.9 Å². The maximum atomic E-state index is 13.1. The summed E-state index contributed by atoms with van der Waals surface area (Å²) in [5.41, 5.74) is 2.41. The Morgan fingerprint density at radius 3 is 2.57 bits per heavy atom. The second-order valence-corrected chi connectivity index (χ2v) is 9.71. The standard InChI is InChI=1S/C21H23ClN2O3S/c22-16-10-12-17(13-11-16)28(26,27)24-14-4-9-20(24)21(25)23-19-8-3-6-15-5-1-2-7-18(15)19/h1-2,5,7,10-13,19-20H,3-4,6,8-9,14H2,(H,23,25)/t19-,20+/m1/s1. The maximum absolute atomic E-state index is 13.1.